The van der Waals surface area contributed by atoms with Gasteiger partial charge in [0.1, 0.15) is 18.2 Å². The standard InChI is InChI=1S/C38H54N4O8/c1-3-5-15-31(44)49-27-29(28-13-9-8-10-14-28)39-35(45)32-30-16-17-38(50-30)33(32)36(46)42(19-11-6-7-12-24-43)34(38)37(47)41(18-4-2)21-20-40-22-25-48-26-23-40/h3-4,8-10,13-14,29-30,32-34,43H,1-2,5-7,11-12,15-27H2,(H,39,45)/t29-,30+,32-,33-,34+,38-/m0/s1. The van der Waals surface area contributed by atoms with Crippen LogP contribution < -0.4 is 5.32 Å². The number of carbonyl (C=O) groups excluding carboxylic acids is 4. The lowest BCUT2D eigenvalue weighted by Crippen LogP contribution is -2.57. The molecule has 4 aliphatic rings. The Hall–Kier alpha value is -3.58. The fraction of sp³-hybridized carbons (Fsp3) is 0.632. The molecule has 1 aromatic rings. The van der Waals surface area contributed by atoms with Gasteiger partial charge in [0.15, 0.2) is 0 Å². The zero-order chi connectivity index (χ0) is 35.5. The van der Waals surface area contributed by atoms with E-state index in [1.807, 2.05) is 30.3 Å². The van der Waals surface area contributed by atoms with Crippen molar-refractivity contribution in [2.45, 2.75) is 75.2 Å². The number of nitrogens with zero attached hydrogens (tertiary/aromatic N) is 3. The number of amides is 3. The van der Waals surface area contributed by atoms with E-state index in [-0.39, 0.29) is 43.3 Å². The lowest BCUT2D eigenvalue weighted by atomic mass is 9.70. The van der Waals surface area contributed by atoms with Gasteiger partial charge in [0.05, 0.1) is 37.2 Å². The highest BCUT2D eigenvalue weighted by atomic mass is 16.5. The van der Waals surface area contributed by atoms with Gasteiger partial charge >= 0.3 is 5.97 Å². The number of aliphatic hydroxyl groups is 1. The van der Waals surface area contributed by atoms with E-state index in [1.54, 1.807) is 22.0 Å². The van der Waals surface area contributed by atoms with Gasteiger partial charge in [-0.15, -0.1) is 13.2 Å². The number of aliphatic hydroxyl groups excluding tert-OH is 1. The van der Waals surface area contributed by atoms with E-state index in [0.29, 0.717) is 71.5 Å². The van der Waals surface area contributed by atoms with Crippen LogP contribution in [-0.4, -0.2) is 127 Å². The Labute approximate surface area is 295 Å². The van der Waals surface area contributed by atoms with Crippen molar-refractivity contribution in [3.8, 4) is 0 Å². The maximum absolute atomic E-state index is 14.7. The molecule has 5 rings (SSSR count). The molecule has 274 valence electrons. The predicted octanol–water partition coefficient (Wildman–Crippen LogP) is 2.63. The first-order chi connectivity index (χ1) is 24.3. The first kappa shape index (κ1) is 37.7. The number of rotatable bonds is 20. The van der Waals surface area contributed by atoms with E-state index in [4.69, 9.17) is 14.2 Å². The summed E-state index contributed by atoms with van der Waals surface area (Å²) in [4.78, 5) is 61.6. The highest BCUT2D eigenvalue weighted by molar-refractivity contribution is 5.99. The molecule has 1 spiro atoms. The average molecular weight is 695 g/mol. The van der Waals surface area contributed by atoms with Gasteiger partial charge in [-0.1, -0.05) is 55.3 Å². The number of likely N-dealkylation sites (tertiary alicyclic amines) is 1. The van der Waals surface area contributed by atoms with Crippen LogP contribution >= 0.6 is 0 Å². The second kappa shape index (κ2) is 18.1. The quantitative estimate of drug-likeness (QED) is 0.120. The molecule has 1 aromatic carbocycles. The molecule has 2 N–H and O–H groups in total. The van der Waals surface area contributed by atoms with E-state index in [0.717, 1.165) is 31.5 Å². The number of benzene rings is 1. The van der Waals surface area contributed by atoms with Gasteiger partial charge in [-0.25, -0.2) is 0 Å². The summed E-state index contributed by atoms with van der Waals surface area (Å²) in [6, 6.07) is 7.81. The minimum Gasteiger partial charge on any atom is -0.463 e. The van der Waals surface area contributed by atoms with Crippen molar-refractivity contribution in [3.63, 3.8) is 0 Å². The summed E-state index contributed by atoms with van der Waals surface area (Å²) >= 11 is 0. The molecule has 3 amide bonds. The van der Waals surface area contributed by atoms with Gasteiger partial charge < -0.3 is 34.4 Å². The number of allylic oxidation sites excluding steroid dienone is 1. The van der Waals surface area contributed by atoms with Crippen molar-refractivity contribution in [2.75, 3.05) is 65.7 Å². The fourth-order valence-electron chi connectivity index (χ4n) is 8.07. The number of ether oxygens (including phenoxy) is 3. The number of morpholine rings is 1. The molecule has 6 atom stereocenters. The second-order valence-corrected chi connectivity index (χ2v) is 13.7. The second-order valence-electron chi connectivity index (χ2n) is 13.7. The topological polar surface area (TPSA) is 138 Å². The van der Waals surface area contributed by atoms with Gasteiger partial charge in [-0.3, -0.25) is 24.1 Å². The average Bonchev–Trinajstić information content (AvgIpc) is 3.78. The molecule has 4 saturated heterocycles. The van der Waals surface area contributed by atoms with Crippen LogP contribution in [0.3, 0.4) is 0 Å². The lowest BCUT2D eigenvalue weighted by molar-refractivity contribution is -0.148. The predicted molar refractivity (Wildman–Crippen MR) is 187 cm³/mol. The van der Waals surface area contributed by atoms with Crippen molar-refractivity contribution in [1.29, 1.82) is 0 Å². The Balaban J connectivity index is 1.38. The van der Waals surface area contributed by atoms with E-state index < -0.39 is 35.6 Å². The lowest BCUT2D eigenvalue weighted by Gasteiger charge is -2.37. The van der Waals surface area contributed by atoms with Crippen molar-refractivity contribution < 1.29 is 38.5 Å². The highest BCUT2D eigenvalue weighted by Crippen LogP contribution is 2.58. The molecule has 0 aromatic heterocycles. The largest absolute Gasteiger partial charge is 0.463 e. The molecular weight excluding hydrogens is 640 g/mol. The van der Waals surface area contributed by atoms with Crippen molar-refractivity contribution in [1.82, 2.24) is 20.0 Å². The third-order valence-corrected chi connectivity index (χ3v) is 10.6. The van der Waals surface area contributed by atoms with Gasteiger partial charge in [0.25, 0.3) is 0 Å². The van der Waals surface area contributed by atoms with Crippen LogP contribution in [0, 0.1) is 11.8 Å². The minimum atomic E-state index is -1.12. The number of fused-ring (bicyclic) bond motifs is 1. The number of hydrogen-bond acceptors (Lipinski definition) is 9. The summed E-state index contributed by atoms with van der Waals surface area (Å²) in [6.45, 7) is 12.4. The van der Waals surface area contributed by atoms with E-state index in [1.165, 1.54) is 0 Å². The fourth-order valence-corrected chi connectivity index (χ4v) is 8.07. The summed E-state index contributed by atoms with van der Waals surface area (Å²) in [5.41, 5.74) is -0.351. The molecule has 2 bridgehead atoms. The maximum Gasteiger partial charge on any atom is 0.306 e. The Morgan fingerprint density at radius 1 is 1.08 bits per heavy atom. The SMILES string of the molecule is C=CCCC(=O)OC[C@H](NC(=O)[C@@H]1[C@H]2C(=O)N(CCCCCCO)[C@H](C(=O)N(CC=C)CCN3CCOCC3)[C@]23CC[C@H]1O3)c1ccccc1. The van der Waals surface area contributed by atoms with Crippen LogP contribution in [0.2, 0.25) is 0 Å². The molecule has 0 aliphatic carbocycles. The molecule has 50 heavy (non-hydrogen) atoms. The molecule has 12 heteroatoms. The first-order valence-corrected chi connectivity index (χ1v) is 18.3. The number of carbonyl (C=O) groups is 4. The Morgan fingerprint density at radius 2 is 1.84 bits per heavy atom. The van der Waals surface area contributed by atoms with Crippen LogP contribution in [0.1, 0.15) is 63.0 Å². The van der Waals surface area contributed by atoms with Crippen LogP contribution in [0.4, 0.5) is 0 Å². The minimum absolute atomic E-state index is 0.0611. The normalized spacial score (nSPS) is 26.3. The van der Waals surface area contributed by atoms with Gasteiger partial charge in [-0.05, 0) is 37.7 Å². The highest BCUT2D eigenvalue weighted by Gasteiger charge is 2.74. The Morgan fingerprint density at radius 3 is 2.56 bits per heavy atom. The van der Waals surface area contributed by atoms with Gasteiger partial charge in [0.2, 0.25) is 17.7 Å². The van der Waals surface area contributed by atoms with Crippen molar-refractivity contribution >= 4 is 23.7 Å². The van der Waals surface area contributed by atoms with Crippen LogP contribution in [-0.2, 0) is 33.4 Å². The zero-order valence-electron chi connectivity index (χ0n) is 29.2. The molecule has 12 nitrogen and oxygen atoms in total. The molecule has 4 heterocycles. The smallest absolute Gasteiger partial charge is 0.306 e. The van der Waals surface area contributed by atoms with E-state index in [9.17, 15) is 24.3 Å². The summed E-state index contributed by atoms with van der Waals surface area (Å²) in [5.74, 6) is -2.76. The van der Waals surface area contributed by atoms with Crippen LogP contribution in [0.15, 0.2) is 55.6 Å². The van der Waals surface area contributed by atoms with Crippen molar-refractivity contribution in [3.05, 3.63) is 61.2 Å². The van der Waals surface area contributed by atoms with E-state index in [2.05, 4.69) is 23.4 Å². The van der Waals surface area contributed by atoms with Gasteiger partial charge in [-0.2, -0.15) is 0 Å². The van der Waals surface area contributed by atoms with E-state index >= 15 is 0 Å². The number of hydrogen-bond donors (Lipinski definition) is 2. The third kappa shape index (κ3) is 8.47. The summed E-state index contributed by atoms with van der Waals surface area (Å²) in [6.07, 6.45) is 7.54. The molecule has 4 fully saturated rings. The summed E-state index contributed by atoms with van der Waals surface area (Å²) in [7, 11) is 0. The molecule has 0 unspecified atom stereocenters. The van der Waals surface area contributed by atoms with Crippen molar-refractivity contribution in [2.24, 2.45) is 11.8 Å². The number of nitrogens with one attached hydrogen (secondary N) is 1. The summed E-state index contributed by atoms with van der Waals surface area (Å²) in [5, 5.41) is 12.4. The molecular formula is C38H54N4O8. The molecule has 0 radical (unpaired) electrons. The first-order valence-electron chi connectivity index (χ1n) is 18.3. The number of esters is 1. The number of unbranched alkanes of at least 4 members (excludes halogenated alkanes) is 3. The Kier molecular flexibility index (Phi) is 13.6. The maximum atomic E-state index is 14.7. The molecule has 4 aliphatic heterocycles. The zero-order valence-corrected chi connectivity index (χ0v) is 29.2. The van der Waals surface area contributed by atoms with Crippen LogP contribution in [0.25, 0.3) is 0 Å². The molecule has 0 saturated carbocycles. The van der Waals surface area contributed by atoms with Gasteiger partial charge in [0, 0.05) is 52.3 Å². The monoisotopic (exact) mass is 694 g/mol. The Bertz CT molecular complexity index is 1340. The summed E-state index contributed by atoms with van der Waals surface area (Å²) < 4.78 is 17.7. The third-order valence-electron chi connectivity index (χ3n) is 10.6. The van der Waals surface area contributed by atoms with Crippen LogP contribution in [0.5, 0.6) is 0 Å².